The summed E-state index contributed by atoms with van der Waals surface area (Å²) in [6, 6.07) is 0. The summed E-state index contributed by atoms with van der Waals surface area (Å²) in [6.07, 6.45) is 15.7. The van der Waals surface area contributed by atoms with Gasteiger partial charge in [0.2, 0.25) is 0 Å². The third-order valence-corrected chi connectivity index (χ3v) is 3.44. The van der Waals surface area contributed by atoms with Crippen LogP contribution in [0.4, 0.5) is 0 Å². The zero-order valence-electron chi connectivity index (χ0n) is 11.5. The van der Waals surface area contributed by atoms with E-state index in [1.807, 2.05) is 6.20 Å². The summed E-state index contributed by atoms with van der Waals surface area (Å²) in [4.78, 5) is 0. The van der Waals surface area contributed by atoms with Gasteiger partial charge in [-0.1, -0.05) is 70.4 Å². The van der Waals surface area contributed by atoms with Crippen molar-refractivity contribution in [2.75, 3.05) is 0 Å². The van der Waals surface area contributed by atoms with Crippen molar-refractivity contribution >= 4 is 0 Å². The summed E-state index contributed by atoms with van der Waals surface area (Å²) in [5, 5.41) is 3.79. The second-order valence-electron chi connectivity index (χ2n) is 5.09. The Hall–Kier alpha value is -0.790. The predicted molar refractivity (Wildman–Crippen MR) is 72.0 cm³/mol. The van der Waals surface area contributed by atoms with E-state index in [4.69, 9.17) is 4.52 Å². The van der Waals surface area contributed by atoms with Gasteiger partial charge in [0, 0.05) is 5.56 Å². The predicted octanol–water partition coefficient (Wildman–Crippen LogP) is 4.99. The normalized spacial score (nSPS) is 12.8. The minimum atomic E-state index is 0.825. The molecule has 1 aromatic rings. The molecule has 0 saturated carbocycles. The van der Waals surface area contributed by atoms with E-state index in [2.05, 4.69) is 19.0 Å². The lowest BCUT2D eigenvalue weighted by Gasteiger charge is -2.15. The molecule has 1 rings (SSSR count). The monoisotopic (exact) mass is 237 g/mol. The Balaban J connectivity index is 2.26. The molecule has 2 heteroatoms. The first kappa shape index (κ1) is 14.3. The minimum Gasteiger partial charge on any atom is -0.364 e. The first-order chi connectivity index (χ1) is 8.36. The van der Waals surface area contributed by atoms with Gasteiger partial charge in [0.05, 0.1) is 6.20 Å². The average molecular weight is 237 g/mol. The first-order valence-corrected chi connectivity index (χ1v) is 7.25. The van der Waals surface area contributed by atoms with Crippen LogP contribution in [0.25, 0.3) is 0 Å². The molecule has 0 amide bonds. The highest BCUT2D eigenvalue weighted by molar-refractivity contribution is 5.01. The standard InChI is InChI=1S/C15H27NO/c1-3-5-7-8-10-14(9-6-4-2)11-15-12-16-17-13-15/h12-14H,3-11H2,1-2H3. The van der Waals surface area contributed by atoms with E-state index >= 15 is 0 Å². The average Bonchev–Trinajstić information content (AvgIpc) is 2.84. The number of unbranched alkanes of at least 4 members (excludes halogenated alkanes) is 4. The summed E-state index contributed by atoms with van der Waals surface area (Å²) >= 11 is 0. The molecular formula is C15H27NO. The molecule has 2 nitrogen and oxygen atoms in total. The van der Waals surface area contributed by atoms with E-state index in [1.165, 1.54) is 56.9 Å². The quantitative estimate of drug-likeness (QED) is 0.535. The van der Waals surface area contributed by atoms with E-state index in [0.29, 0.717) is 0 Å². The van der Waals surface area contributed by atoms with Crippen molar-refractivity contribution in [1.29, 1.82) is 0 Å². The van der Waals surface area contributed by atoms with Crippen LogP contribution in [0.2, 0.25) is 0 Å². The zero-order chi connectivity index (χ0) is 12.3. The van der Waals surface area contributed by atoms with Gasteiger partial charge in [0.15, 0.2) is 0 Å². The molecule has 0 fully saturated rings. The van der Waals surface area contributed by atoms with E-state index in [0.717, 1.165) is 12.3 Å². The fraction of sp³-hybridized carbons (Fsp3) is 0.800. The molecule has 0 aromatic carbocycles. The molecule has 1 atom stereocenters. The lowest BCUT2D eigenvalue weighted by atomic mass is 9.90. The van der Waals surface area contributed by atoms with Gasteiger partial charge < -0.3 is 4.52 Å². The molecule has 1 unspecified atom stereocenters. The summed E-state index contributed by atoms with van der Waals surface area (Å²) in [7, 11) is 0. The van der Waals surface area contributed by atoms with E-state index in [-0.39, 0.29) is 0 Å². The summed E-state index contributed by atoms with van der Waals surface area (Å²) in [5.41, 5.74) is 1.27. The molecule has 0 bridgehead atoms. The fourth-order valence-corrected chi connectivity index (χ4v) is 2.36. The summed E-state index contributed by atoms with van der Waals surface area (Å²) < 4.78 is 4.91. The van der Waals surface area contributed by atoms with Gasteiger partial charge in [-0.25, -0.2) is 0 Å². The van der Waals surface area contributed by atoms with Crippen LogP contribution >= 0.6 is 0 Å². The summed E-state index contributed by atoms with van der Waals surface area (Å²) in [5.74, 6) is 0.825. The molecule has 17 heavy (non-hydrogen) atoms. The van der Waals surface area contributed by atoms with Crippen molar-refractivity contribution in [3.63, 3.8) is 0 Å². The van der Waals surface area contributed by atoms with Gasteiger partial charge >= 0.3 is 0 Å². The van der Waals surface area contributed by atoms with Crippen LogP contribution in [0.15, 0.2) is 17.0 Å². The van der Waals surface area contributed by atoms with Crippen molar-refractivity contribution in [2.24, 2.45) is 5.92 Å². The largest absolute Gasteiger partial charge is 0.364 e. The molecule has 0 aliphatic carbocycles. The van der Waals surface area contributed by atoms with Crippen LogP contribution in [0, 0.1) is 5.92 Å². The second-order valence-corrected chi connectivity index (χ2v) is 5.09. The Kier molecular flexibility index (Phi) is 7.78. The number of aromatic nitrogens is 1. The maximum atomic E-state index is 4.91. The van der Waals surface area contributed by atoms with E-state index in [9.17, 15) is 0 Å². The molecule has 0 N–H and O–H groups in total. The zero-order valence-corrected chi connectivity index (χ0v) is 11.5. The topological polar surface area (TPSA) is 26.0 Å². The van der Waals surface area contributed by atoms with Crippen LogP contribution in [-0.4, -0.2) is 5.16 Å². The maximum absolute atomic E-state index is 4.91. The van der Waals surface area contributed by atoms with Gasteiger partial charge in [-0.3, -0.25) is 0 Å². The number of nitrogens with zero attached hydrogens (tertiary/aromatic N) is 1. The highest BCUT2D eigenvalue weighted by atomic mass is 16.5. The van der Waals surface area contributed by atoms with Crippen molar-refractivity contribution < 1.29 is 4.52 Å². The Morgan fingerprint density at radius 3 is 2.47 bits per heavy atom. The van der Waals surface area contributed by atoms with Crippen LogP contribution in [0.3, 0.4) is 0 Å². The number of hydrogen-bond acceptors (Lipinski definition) is 2. The van der Waals surface area contributed by atoms with Crippen LogP contribution in [0.1, 0.15) is 70.8 Å². The Morgan fingerprint density at radius 2 is 1.82 bits per heavy atom. The number of rotatable bonds is 10. The molecule has 0 radical (unpaired) electrons. The Labute approximate surface area is 106 Å². The minimum absolute atomic E-state index is 0.825. The highest BCUT2D eigenvalue weighted by Gasteiger charge is 2.10. The van der Waals surface area contributed by atoms with Gasteiger partial charge in [-0.2, -0.15) is 0 Å². The maximum Gasteiger partial charge on any atom is 0.126 e. The lowest BCUT2D eigenvalue weighted by molar-refractivity contribution is 0.402. The Bertz CT molecular complexity index is 256. The van der Waals surface area contributed by atoms with Crippen molar-refractivity contribution in [2.45, 2.75) is 71.6 Å². The fourth-order valence-electron chi connectivity index (χ4n) is 2.36. The molecule has 0 saturated heterocycles. The SMILES string of the molecule is CCCCCCC(CCCC)Cc1cnoc1. The molecular weight excluding hydrogens is 210 g/mol. The smallest absolute Gasteiger partial charge is 0.126 e. The van der Waals surface area contributed by atoms with Gasteiger partial charge in [-0.15, -0.1) is 0 Å². The third-order valence-electron chi connectivity index (χ3n) is 3.44. The highest BCUT2D eigenvalue weighted by Crippen LogP contribution is 2.21. The van der Waals surface area contributed by atoms with Crippen LogP contribution < -0.4 is 0 Å². The van der Waals surface area contributed by atoms with Gasteiger partial charge in [0.25, 0.3) is 0 Å². The molecule has 1 aromatic heterocycles. The number of hydrogen-bond donors (Lipinski definition) is 0. The van der Waals surface area contributed by atoms with Crippen LogP contribution in [-0.2, 0) is 6.42 Å². The third kappa shape index (κ3) is 6.50. The van der Waals surface area contributed by atoms with Crippen molar-refractivity contribution in [3.05, 3.63) is 18.0 Å². The van der Waals surface area contributed by atoms with Gasteiger partial charge in [-0.05, 0) is 12.3 Å². The molecule has 1 heterocycles. The van der Waals surface area contributed by atoms with Crippen molar-refractivity contribution in [3.8, 4) is 0 Å². The van der Waals surface area contributed by atoms with E-state index in [1.54, 1.807) is 6.26 Å². The molecule has 98 valence electrons. The molecule has 0 aliphatic rings. The lowest BCUT2D eigenvalue weighted by Crippen LogP contribution is -2.04. The van der Waals surface area contributed by atoms with E-state index < -0.39 is 0 Å². The summed E-state index contributed by atoms with van der Waals surface area (Å²) in [6.45, 7) is 4.54. The molecule has 0 aliphatic heterocycles. The Morgan fingerprint density at radius 1 is 1.06 bits per heavy atom. The molecule has 0 spiro atoms. The first-order valence-electron chi connectivity index (χ1n) is 7.25. The van der Waals surface area contributed by atoms with Crippen LogP contribution in [0.5, 0.6) is 0 Å². The van der Waals surface area contributed by atoms with Crippen molar-refractivity contribution in [1.82, 2.24) is 5.16 Å². The second kappa shape index (κ2) is 9.26. The van der Waals surface area contributed by atoms with Gasteiger partial charge in [0.1, 0.15) is 6.26 Å².